The van der Waals surface area contributed by atoms with Crippen LogP contribution in [0.15, 0.2) is 18.3 Å². The van der Waals surface area contributed by atoms with E-state index in [4.69, 9.17) is 0 Å². The maximum atomic E-state index is 4.44. The molecule has 0 radical (unpaired) electrons. The molecule has 0 N–H and O–H groups in total. The van der Waals surface area contributed by atoms with Crippen LogP contribution < -0.4 is 0 Å². The van der Waals surface area contributed by atoms with Crippen molar-refractivity contribution in [3.63, 3.8) is 0 Å². The summed E-state index contributed by atoms with van der Waals surface area (Å²) in [6.45, 7) is 8.63. The van der Waals surface area contributed by atoms with Crippen molar-refractivity contribution in [1.29, 1.82) is 0 Å². The Morgan fingerprint density at radius 1 is 1.21 bits per heavy atom. The van der Waals surface area contributed by atoms with E-state index < -0.39 is 0 Å². The van der Waals surface area contributed by atoms with Crippen molar-refractivity contribution in [1.82, 2.24) is 9.38 Å². The molecule has 0 amide bonds. The summed E-state index contributed by atoms with van der Waals surface area (Å²) in [5, 5.41) is 0. The molecular weight excluding hydrogens is 172 g/mol. The number of hydrogen-bond acceptors (Lipinski definition) is 1. The third kappa shape index (κ3) is 1.31. The smallest absolute Gasteiger partial charge is 0.137 e. The van der Waals surface area contributed by atoms with Crippen molar-refractivity contribution in [2.24, 2.45) is 0 Å². The Kier molecular flexibility index (Phi) is 2.06. The minimum absolute atomic E-state index is 0.571. The van der Waals surface area contributed by atoms with Crippen molar-refractivity contribution >= 4 is 5.65 Å². The van der Waals surface area contributed by atoms with E-state index in [0.717, 1.165) is 11.3 Å². The SMILES string of the molecule is Cc1cn2c(C)c(C(C)C)ccc2n1. The molecule has 0 unspecified atom stereocenters. The molecule has 0 aromatic carbocycles. The third-order valence-electron chi connectivity index (χ3n) is 2.67. The minimum atomic E-state index is 0.571. The summed E-state index contributed by atoms with van der Waals surface area (Å²) in [6.07, 6.45) is 2.09. The highest BCUT2D eigenvalue weighted by Gasteiger charge is 2.07. The monoisotopic (exact) mass is 188 g/mol. The number of nitrogens with zero attached hydrogens (tertiary/aromatic N) is 2. The van der Waals surface area contributed by atoms with Gasteiger partial charge in [0, 0.05) is 11.9 Å². The van der Waals surface area contributed by atoms with Crippen LogP contribution >= 0.6 is 0 Å². The zero-order valence-corrected chi connectivity index (χ0v) is 9.20. The van der Waals surface area contributed by atoms with Gasteiger partial charge in [0.25, 0.3) is 0 Å². The lowest BCUT2D eigenvalue weighted by Crippen LogP contribution is -1.98. The largest absolute Gasteiger partial charge is 0.304 e. The van der Waals surface area contributed by atoms with E-state index in [2.05, 4.69) is 48.5 Å². The lowest BCUT2D eigenvalue weighted by molar-refractivity contribution is 0.835. The first-order chi connectivity index (χ1) is 6.59. The first-order valence-corrected chi connectivity index (χ1v) is 5.05. The number of pyridine rings is 1. The maximum absolute atomic E-state index is 4.44. The molecule has 0 saturated heterocycles. The van der Waals surface area contributed by atoms with Crippen molar-refractivity contribution < 1.29 is 0 Å². The minimum Gasteiger partial charge on any atom is -0.304 e. The Morgan fingerprint density at radius 2 is 1.93 bits per heavy atom. The van der Waals surface area contributed by atoms with E-state index in [1.807, 2.05) is 6.92 Å². The molecule has 0 aliphatic heterocycles. The van der Waals surface area contributed by atoms with Gasteiger partial charge in [-0.2, -0.15) is 0 Å². The Hall–Kier alpha value is -1.31. The van der Waals surface area contributed by atoms with E-state index in [1.165, 1.54) is 11.3 Å². The van der Waals surface area contributed by atoms with Gasteiger partial charge in [-0.3, -0.25) is 0 Å². The normalized spacial score (nSPS) is 11.5. The number of imidazole rings is 1. The average Bonchev–Trinajstić information content (AvgIpc) is 2.46. The standard InChI is InChI=1S/C12H16N2/c1-8(2)11-5-6-12-13-9(3)7-14(12)10(11)4/h5-8H,1-4H3. The van der Waals surface area contributed by atoms with E-state index in [0.29, 0.717) is 5.92 Å². The van der Waals surface area contributed by atoms with Crippen LogP contribution in [0.4, 0.5) is 0 Å². The molecule has 2 nitrogen and oxygen atoms in total. The van der Waals surface area contributed by atoms with Gasteiger partial charge in [-0.1, -0.05) is 19.9 Å². The van der Waals surface area contributed by atoms with Gasteiger partial charge in [-0.15, -0.1) is 0 Å². The first kappa shape index (κ1) is 9.25. The zero-order chi connectivity index (χ0) is 10.3. The summed E-state index contributed by atoms with van der Waals surface area (Å²) >= 11 is 0. The number of aromatic nitrogens is 2. The van der Waals surface area contributed by atoms with Crippen LogP contribution in [0.2, 0.25) is 0 Å². The predicted octanol–water partition coefficient (Wildman–Crippen LogP) is 3.07. The van der Waals surface area contributed by atoms with Gasteiger partial charge in [0.2, 0.25) is 0 Å². The third-order valence-corrected chi connectivity index (χ3v) is 2.67. The van der Waals surface area contributed by atoms with Gasteiger partial charge in [0.15, 0.2) is 0 Å². The molecule has 0 atom stereocenters. The zero-order valence-electron chi connectivity index (χ0n) is 9.20. The number of hydrogen-bond donors (Lipinski definition) is 0. The summed E-state index contributed by atoms with van der Waals surface area (Å²) in [7, 11) is 0. The highest BCUT2D eigenvalue weighted by Crippen LogP contribution is 2.20. The van der Waals surface area contributed by atoms with Crippen molar-refractivity contribution in [3.05, 3.63) is 35.3 Å². The van der Waals surface area contributed by atoms with Crippen LogP contribution in [0.3, 0.4) is 0 Å². The van der Waals surface area contributed by atoms with Crippen LogP contribution in [0, 0.1) is 13.8 Å². The van der Waals surface area contributed by atoms with Gasteiger partial charge < -0.3 is 4.40 Å². The number of aryl methyl sites for hydroxylation is 2. The van der Waals surface area contributed by atoms with Crippen LogP contribution in [0.1, 0.15) is 36.7 Å². The molecule has 2 rings (SSSR count). The topological polar surface area (TPSA) is 17.3 Å². The molecule has 2 aromatic rings. The molecule has 0 saturated carbocycles. The molecule has 0 aliphatic carbocycles. The molecule has 2 heteroatoms. The fourth-order valence-corrected chi connectivity index (χ4v) is 1.94. The van der Waals surface area contributed by atoms with Crippen molar-refractivity contribution in [2.75, 3.05) is 0 Å². The molecule has 74 valence electrons. The fraction of sp³-hybridized carbons (Fsp3) is 0.417. The Balaban J connectivity index is 2.74. The fourth-order valence-electron chi connectivity index (χ4n) is 1.94. The van der Waals surface area contributed by atoms with Gasteiger partial charge in [0.05, 0.1) is 5.69 Å². The van der Waals surface area contributed by atoms with E-state index in [-0.39, 0.29) is 0 Å². The Morgan fingerprint density at radius 3 is 2.57 bits per heavy atom. The predicted molar refractivity (Wildman–Crippen MR) is 58.8 cm³/mol. The van der Waals surface area contributed by atoms with Crippen LogP contribution in [-0.4, -0.2) is 9.38 Å². The van der Waals surface area contributed by atoms with Gasteiger partial charge >= 0.3 is 0 Å². The summed E-state index contributed by atoms with van der Waals surface area (Å²) in [5.41, 5.74) is 4.83. The highest BCUT2D eigenvalue weighted by atomic mass is 15.0. The number of fused-ring (bicyclic) bond motifs is 1. The molecular formula is C12H16N2. The highest BCUT2D eigenvalue weighted by molar-refractivity contribution is 5.45. The van der Waals surface area contributed by atoms with Crippen LogP contribution in [0.5, 0.6) is 0 Å². The van der Waals surface area contributed by atoms with E-state index in [9.17, 15) is 0 Å². The summed E-state index contributed by atoms with van der Waals surface area (Å²) < 4.78 is 2.17. The van der Waals surface area contributed by atoms with Gasteiger partial charge in [-0.25, -0.2) is 4.98 Å². The van der Waals surface area contributed by atoms with Gasteiger partial charge in [-0.05, 0) is 31.4 Å². The Labute approximate surface area is 84.6 Å². The second-order valence-corrected chi connectivity index (χ2v) is 4.14. The summed E-state index contributed by atoms with van der Waals surface area (Å²) in [5.74, 6) is 0.571. The van der Waals surface area contributed by atoms with Crippen molar-refractivity contribution in [2.45, 2.75) is 33.6 Å². The van der Waals surface area contributed by atoms with Crippen molar-refractivity contribution in [3.8, 4) is 0 Å². The van der Waals surface area contributed by atoms with Crippen LogP contribution in [0.25, 0.3) is 5.65 Å². The lowest BCUT2D eigenvalue weighted by atomic mass is 10.0. The first-order valence-electron chi connectivity index (χ1n) is 5.05. The quantitative estimate of drug-likeness (QED) is 0.672. The Bertz CT molecular complexity index is 466. The van der Waals surface area contributed by atoms with Crippen LogP contribution in [-0.2, 0) is 0 Å². The lowest BCUT2D eigenvalue weighted by Gasteiger charge is -2.10. The molecule has 0 bridgehead atoms. The van der Waals surface area contributed by atoms with E-state index >= 15 is 0 Å². The molecule has 0 aliphatic rings. The van der Waals surface area contributed by atoms with Gasteiger partial charge in [0.1, 0.15) is 5.65 Å². The second kappa shape index (κ2) is 3.12. The average molecular weight is 188 g/mol. The number of rotatable bonds is 1. The summed E-state index contributed by atoms with van der Waals surface area (Å²) in [4.78, 5) is 4.44. The van der Waals surface area contributed by atoms with E-state index in [1.54, 1.807) is 0 Å². The maximum Gasteiger partial charge on any atom is 0.137 e. The molecule has 0 fully saturated rings. The molecule has 0 spiro atoms. The molecule has 2 aromatic heterocycles. The summed E-state index contributed by atoms with van der Waals surface area (Å²) in [6, 6.07) is 4.27. The second-order valence-electron chi connectivity index (χ2n) is 4.14. The molecule has 2 heterocycles. The molecule has 14 heavy (non-hydrogen) atoms.